The van der Waals surface area contributed by atoms with Crippen LogP contribution in [-0.4, -0.2) is 15.9 Å². The number of aromatic nitrogens is 1. The Kier molecular flexibility index (Phi) is 10.9. The minimum absolute atomic E-state index is 0. The van der Waals surface area contributed by atoms with Crippen LogP contribution in [0.4, 0.5) is 0 Å². The topological polar surface area (TPSA) is 63.3 Å². The van der Waals surface area contributed by atoms with Gasteiger partial charge in [-0.1, -0.05) is 95.0 Å². The quantitative estimate of drug-likeness (QED) is 0.0545. The van der Waals surface area contributed by atoms with Gasteiger partial charge in [0.1, 0.15) is 11.3 Å². The first-order valence-corrected chi connectivity index (χ1v) is 17.7. The van der Waals surface area contributed by atoms with Gasteiger partial charge in [0.15, 0.2) is 5.78 Å². The second-order valence-electron chi connectivity index (χ2n) is 14.6. The molecule has 0 aliphatic heterocycles. The van der Waals surface area contributed by atoms with E-state index in [4.69, 9.17) is 9.40 Å². The molecule has 0 atom stereocenters. The zero-order valence-electron chi connectivity index (χ0n) is 30.1. The van der Waals surface area contributed by atoms with E-state index in [0.717, 1.165) is 59.7 Å². The molecule has 0 spiro atoms. The molecule has 5 aromatic carbocycles. The molecule has 0 unspecified atom stereocenters. The molecule has 0 saturated carbocycles. The number of ketones is 1. The van der Waals surface area contributed by atoms with Gasteiger partial charge in [-0.3, -0.25) is 9.78 Å². The smallest absolute Gasteiger partial charge is 0.162 e. The Labute approximate surface area is 303 Å². The van der Waals surface area contributed by atoms with Crippen molar-refractivity contribution in [2.75, 3.05) is 0 Å². The van der Waals surface area contributed by atoms with Crippen molar-refractivity contribution in [2.45, 2.75) is 87.5 Å². The van der Waals surface area contributed by atoms with Crippen LogP contribution in [0.1, 0.15) is 85.5 Å². The molecule has 2 aromatic heterocycles. The summed E-state index contributed by atoms with van der Waals surface area (Å²) in [6.07, 6.45) is 7.88. The largest absolute Gasteiger partial charge is 0.512 e. The first kappa shape index (κ1) is 36.5. The number of nitrogens with zero attached hydrogens (tertiary/aromatic N) is 1. The van der Waals surface area contributed by atoms with Crippen molar-refractivity contribution >= 4 is 70.7 Å². The number of furan rings is 1. The summed E-state index contributed by atoms with van der Waals surface area (Å²) in [5, 5.41) is 21.5. The van der Waals surface area contributed by atoms with Gasteiger partial charge in [0, 0.05) is 60.5 Å². The number of aryl methyl sites for hydroxylation is 1. The summed E-state index contributed by atoms with van der Waals surface area (Å²) in [4.78, 5) is 16.6. The van der Waals surface area contributed by atoms with E-state index in [1.165, 1.54) is 54.7 Å². The number of hydrogen-bond acceptors (Lipinski definition) is 4. The summed E-state index contributed by atoms with van der Waals surface area (Å²) in [6.45, 7) is 17.0. The molecule has 5 heteroatoms. The summed E-state index contributed by atoms with van der Waals surface area (Å²) in [6, 6.07) is 23.4. The number of carbonyl (C=O) groups excluding carboxylic acids is 1. The molecule has 4 nitrogen and oxygen atoms in total. The Balaban J connectivity index is 0.000000252. The summed E-state index contributed by atoms with van der Waals surface area (Å²) in [7, 11) is 0. The van der Waals surface area contributed by atoms with Gasteiger partial charge in [0.2, 0.25) is 0 Å². The van der Waals surface area contributed by atoms with E-state index in [9.17, 15) is 9.90 Å². The van der Waals surface area contributed by atoms with E-state index in [0.29, 0.717) is 0 Å². The number of aliphatic hydroxyl groups is 1. The van der Waals surface area contributed by atoms with Crippen LogP contribution in [0.25, 0.3) is 65.0 Å². The van der Waals surface area contributed by atoms with Crippen molar-refractivity contribution in [3.63, 3.8) is 0 Å². The Hall–Kier alpha value is -3.79. The first-order valence-electron chi connectivity index (χ1n) is 17.7. The van der Waals surface area contributed by atoms with E-state index in [-0.39, 0.29) is 48.9 Å². The molecular weight excluding hydrogens is 783 g/mol. The fraction of sp³-hybridized carbons (Fsp3) is 0.364. The van der Waals surface area contributed by atoms with Gasteiger partial charge in [0.05, 0.1) is 5.76 Å². The van der Waals surface area contributed by atoms with E-state index in [2.05, 4.69) is 88.4 Å². The molecule has 0 fully saturated rings. The zero-order chi connectivity index (χ0) is 34.3. The monoisotopic (exact) mass is 831 g/mol. The molecule has 1 N–H and O–H groups in total. The molecule has 49 heavy (non-hydrogen) atoms. The standard InChI is InChI=1S/C31H24NO.C13H24O2.Ir/c1-17-26-23-14-19-7-5-6-8-20(19)15-24(23)29-27-22(11-12-32-29)21-10-9-18(16-31(2,3)4)13-25(21)30(33-17)28(26)27;1-5-10(6-2)12(14)9-13(15)11(7-3)8-4;/h5-14H,16H2,1-4H3;9-11,14H,5-8H2,1-4H3;/q-1;;/b;12-9-;. The molecule has 0 aliphatic carbocycles. The summed E-state index contributed by atoms with van der Waals surface area (Å²) in [5.74, 6) is 1.51. The second-order valence-corrected chi connectivity index (χ2v) is 14.6. The summed E-state index contributed by atoms with van der Waals surface area (Å²) in [5.41, 5.74) is 3.56. The third-order valence-electron chi connectivity index (χ3n) is 10.0. The van der Waals surface area contributed by atoms with E-state index in [1.807, 2.05) is 33.9 Å². The zero-order valence-corrected chi connectivity index (χ0v) is 32.5. The predicted molar refractivity (Wildman–Crippen MR) is 203 cm³/mol. The van der Waals surface area contributed by atoms with E-state index >= 15 is 0 Å². The number of hydrogen-bond donors (Lipinski definition) is 1. The van der Waals surface area contributed by atoms with Crippen LogP contribution in [0, 0.1) is 30.2 Å². The maximum atomic E-state index is 11.7. The van der Waals surface area contributed by atoms with Gasteiger partial charge in [-0.2, -0.15) is 0 Å². The van der Waals surface area contributed by atoms with Crippen LogP contribution in [0.3, 0.4) is 0 Å². The van der Waals surface area contributed by atoms with Gasteiger partial charge in [0.25, 0.3) is 0 Å². The Morgan fingerprint density at radius 2 is 1.55 bits per heavy atom. The van der Waals surface area contributed by atoms with E-state index in [1.54, 1.807) is 0 Å². The average Bonchev–Trinajstić information content (AvgIpc) is 3.42. The fourth-order valence-corrected chi connectivity index (χ4v) is 7.49. The first-order chi connectivity index (χ1) is 23.0. The number of rotatable bonds is 8. The van der Waals surface area contributed by atoms with Crippen LogP contribution in [0.5, 0.6) is 0 Å². The van der Waals surface area contributed by atoms with Gasteiger partial charge in [-0.15, -0.1) is 23.6 Å². The third-order valence-corrected chi connectivity index (χ3v) is 10.0. The number of aliphatic hydroxyl groups excluding tert-OH is 1. The van der Waals surface area contributed by atoms with Crippen molar-refractivity contribution in [1.29, 1.82) is 0 Å². The normalized spacial score (nSPS) is 12.6. The van der Waals surface area contributed by atoms with Gasteiger partial charge >= 0.3 is 0 Å². The second kappa shape index (κ2) is 14.6. The van der Waals surface area contributed by atoms with Crippen LogP contribution in [-0.2, 0) is 31.3 Å². The molecule has 7 aromatic rings. The Bertz CT molecular complexity index is 2300. The molecule has 0 aliphatic rings. The minimum Gasteiger partial charge on any atom is -0.512 e. The van der Waals surface area contributed by atoms with Crippen LogP contribution in [0.2, 0.25) is 0 Å². The van der Waals surface area contributed by atoms with Gasteiger partial charge < -0.3 is 9.52 Å². The average molecular weight is 831 g/mol. The number of benzene rings is 5. The predicted octanol–water partition coefficient (Wildman–Crippen LogP) is 12.6. The van der Waals surface area contributed by atoms with Crippen LogP contribution in [0.15, 0.2) is 77.0 Å². The third kappa shape index (κ3) is 6.85. The molecular formula is C44H48IrNO3-. The SMILES string of the molecule is CCC(CC)C(=O)/C=C(\O)C(CC)CC.Cc1oc2c3cc(CC(C)(C)C)ccc3c3ccnc4c5[c-]c6ccccc6cc5c1c2c34.[Ir]. The summed E-state index contributed by atoms with van der Waals surface area (Å²) >= 11 is 0. The van der Waals surface area contributed by atoms with Gasteiger partial charge in [-0.25, -0.2) is 0 Å². The van der Waals surface area contributed by atoms with Crippen molar-refractivity contribution in [1.82, 2.24) is 4.98 Å². The van der Waals surface area contributed by atoms with Crippen LogP contribution < -0.4 is 0 Å². The van der Waals surface area contributed by atoms with Crippen molar-refractivity contribution in [2.24, 2.45) is 17.3 Å². The number of fused-ring (bicyclic) bond motifs is 7. The number of allylic oxidation sites excluding steroid dienone is 2. The van der Waals surface area contributed by atoms with Gasteiger partial charge in [-0.05, 0) is 83.7 Å². The molecule has 257 valence electrons. The van der Waals surface area contributed by atoms with Crippen LogP contribution >= 0.6 is 0 Å². The molecule has 0 amide bonds. The maximum Gasteiger partial charge on any atom is 0.162 e. The Morgan fingerprint density at radius 3 is 2.22 bits per heavy atom. The van der Waals surface area contributed by atoms with Crippen molar-refractivity contribution < 1.29 is 34.4 Å². The fourth-order valence-electron chi connectivity index (χ4n) is 7.49. The minimum atomic E-state index is 0. The maximum absolute atomic E-state index is 11.7. The summed E-state index contributed by atoms with van der Waals surface area (Å²) < 4.78 is 6.56. The number of carbonyl (C=O) groups is 1. The van der Waals surface area contributed by atoms with E-state index < -0.39 is 0 Å². The molecule has 1 radical (unpaired) electrons. The molecule has 0 bridgehead atoms. The molecule has 7 rings (SSSR count). The molecule has 0 saturated heterocycles. The van der Waals surface area contributed by atoms with Crippen molar-refractivity contribution in [3.8, 4) is 0 Å². The van der Waals surface area contributed by atoms with Crippen molar-refractivity contribution in [3.05, 3.63) is 90.0 Å². The molecule has 2 heterocycles. The number of pyridine rings is 1. The Morgan fingerprint density at radius 1 is 0.857 bits per heavy atom.